The van der Waals surface area contributed by atoms with Crippen molar-refractivity contribution >= 4 is 41.5 Å². The number of aryl methyl sites for hydroxylation is 1. The first kappa shape index (κ1) is 35.7. The third kappa shape index (κ3) is 7.99. The van der Waals surface area contributed by atoms with Crippen LogP contribution in [-0.2, 0) is 11.8 Å². The van der Waals surface area contributed by atoms with Gasteiger partial charge in [-0.1, -0.05) is 75.7 Å². The molecular formula is C40H47N5O3S. The van der Waals surface area contributed by atoms with E-state index in [9.17, 15) is 9.59 Å². The number of amides is 2. The maximum atomic E-state index is 13.4. The fourth-order valence-corrected chi connectivity index (χ4v) is 6.92. The Balaban J connectivity index is 1.14. The fourth-order valence-electron chi connectivity index (χ4n) is 6.53. The van der Waals surface area contributed by atoms with Gasteiger partial charge in [0.05, 0.1) is 41.5 Å². The van der Waals surface area contributed by atoms with E-state index < -0.39 is 0 Å². The maximum absolute atomic E-state index is 13.4. The van der Waals surface area contributed by atoms with E-state index in [1.165, 1.54) is 39.9 Å². The van der Waals surface area contributed by atoms with Crippen LogP contribution in [0.4, 0.5) is 5.69 Å². The first-order valence-corrected chi connectivity index (χ1v) is 18.1. The molecule has 3 aromatic rings. The molecule has 1 fully saturated rings. The van der Waals surface area contributed by atoms with E-state index in [0.717, 1.165) is 49.5 Å². The van der Waals surface area contributed by atoms with Gasteiger partial charge in [-0.3, -0.25) is 14.5 Å². The molecule has 1 unspecified atom stereocenters. The van der Waals surface area contributed by atoms with Gasteiger partial charge < -0.3 is 15.4 Å². The number of anilines is 1. The smallest absolute Gasteiger partial charge is 0.264 e. The van der Waals surface area contributed by atoms with Gasteiger partial charge in [0.15, 0.2) is 0 Å². The summed E-state index contributed by atoms with van der Waals surface area (Å²) in [4.78, 5) is 34.1. The number of nitrogens with zero attached hydrogens (tertiary/aromatic N) is 4. The highest BCUT2D eigenvalue weighted by Crippen LogP contribution is 2.37. The number of carbonyl (C=O) groups is 2. The van der Waals surface area contributed by atoms with Gasteiger partial charge >= 0.3 is 0 Å². The molecule has 2 aliphatic heterocycles. The lowest BCUT2D eigenvalue weighted by atomic mass is 9.78. The molecule has 2 N–H and O–H groups in total. The van der Waals surface area contributed by atoms with Gasteiger partial charge in [-0.05, 0) is 78.2 Å². The second-order valence-corrected chi connectivity index (χ2v) is 13.6. The maximum Gasteiger partial charge on any atom is 0.264 e. The number of allylic oxidation sites excluding steroid dienone is 1. The number of fused-ring (bicyclic) bond motifs is 1. The van der Waals surface area contributed by atoms with Crippen LogP contribution < -0.4 is 15.4 Å². The standard InChI is InChI=1S/C40H47N5O3S/c1-6-9-33(7-2)45-38(46)35-10-8-11-36(37(35)39(45)47)44-24-29(25-44)26-48-34-20-17-31(18-21-34)40(3,4)30-15-12-28(13-16-30)14-19-32(43-49-5)22-23-42-27-41/h7-8,10-13,15-18,20-23,27,29,33H,2,6,9,14,19,24-26H2,1,3-5H3,(H2,41,42)/b23-22-,43-32-. The van der Waals surface area contributed by atoms with E-state index in [0.29, 0.717) is 30.1 Å². The van der Waals surface area contributed by atoms with Gasteiger partial charge in [-0.2, -0.15) is 0 Å². The van der Waals surface area contributed by atoms with Crippen molar-refractivity contribution in [3.8, 4) is 5.75 Å². The molecule has 0 saturated carbocycles. The zero-order valence-electron chi connectivity index (χ0n) is 29.0. The zero-order chi connectivity index (χ0) is 35.0. The Bertz CT molecular complexity index is 1720. The van der Waals surface area contributed by atoms with Crippen LogP contribution in [0.15, 0.2) is 101 Å². The van der Waals surface area contributed by atoms with Gasteiger partial charge in [0.2, 0.25) is 0 Å². The Morgan fingerprint density at radius 2 is 1.76 bits per heavy atom. The fraction of sp³-hybridized carbons (Fsp3) is 0.350. The Hall–Kier alpha value is -4.63. The number of hydrogen-bond donors (Lipinski definition) is 1. The highest BCUT2D eigenvalue weighted by molar-refractivity contribution is 7.97. The van der Waals surface area contributed by atoms with Crippen LogP contribution in [0, 0.1) is 5.92 Å². The molecule has 0 spiro atoms. The summed E-state index contributed by atoms with van der Waals surface area (Å²) in [6, 6.07) is 22.5. The number of hydrogen-bond acceptors (Lipinski definition) is 7. The summed E-state index contributed by atoms with van der Waals surface area (Å²) < 4.78 is 10.7. The van der Waals surface area contributed by atoms with Crippen LogP contribution in [0.5, 0.6) is 5.75 Å². The molecule has 49 heavy (non-hydrogen) atoms. The summed E-state index contributed by atoms with van der Waals surface area (Å²) >= 11 is 1.44. The molecule has 2 aliphatic rings. The zero-order valence-corrected chi connectivity index (χ0v) is 29.8. The molecule has 2 heterocycles. The molecular weight excluding hydrogens is 631 g/mol. The summed E-state index contributed by atoms with van der Waals surface area (Å²) in [5.41, 5.74) is 11.7. The van der Waals surface area contributed by atoms with Crippen LogP contribution in [0.1, 0.15) is 77.4 Å². The normalized spacial score (nSPS) is 16.0. The van der Waals surface area contributed by atoms with Gasteiger partial charge in [0.1, 0.15) is 5.75 Å². The lowest BCUT2D eigenvalue weighted by Gasteiger charge is -2.41. The number of imide groups is 1. The van der Waals surface area contributed by atoms with Crippen molar-refractivity contribution in [3.63, 3.8) is 0 Å². The van der Waals surface area contributed by atoms with Gasteiger partial charge in [-0.25, -0.2) is 9.39 Å². The predicted molar refractivity (Wildman–Crippen MR) is 203 cm³/mol. The minimum atomic E-state index is -0.291. The van der Waals surface area contributed by atoms with E-state index in [-0.39, 0.29) is 23.3 Å². The summed E-state index contributed by atoms with van der Waals surface area (Å²) in [7, 11) is 0. The molecule has 9 heteroatoms. The van der Waals surface area contributed by atoms with Crippen molar-refractivity contribution in [2.75, 3.05) is 30.9 Å². The molecule has 0 aromatic heterocycles. The number of aliphatic imine (C=N–C) groups is 1. The molecule has 2 amide bonds. The minimum absolute atomic E-state index is 0.174. The van der Waals surface area contributed by atoms with Crippen LogP contribution in [0.3, 0.4) is 0 Å². The number of benzene rings is 3. The van der Waals surface area contributed by atoms with Crippen molar-refractivity contribution in [1.29, 1.82) is 0 Å². The largest absolute Gasteiger partial charge is 0.493 e. The van der Waals surface area contributed by atoms with E-state index in [2.05, 4.69) is 71.1 Å². The van der Waals surface area contributed by atoms with E-state index in [1.54, 1.807) is 18.3 Å². The van der Waals surface area contributed by atoms with Gasteiger partial charge in [-0.15, -0.1) is 6.58 Å². The minimum Gasteiger partial charge on any atom is -0.493 e. The van der Waals surface area contributed by atoms with Crippen LogP contribution in [-0.4, -0.2) is 60.8 Å². The Kier molecular flexibility index (Phi) is 11.8. The third-order valence-electron chi connectivity index (χ3n) is 9.47. The second-order valence-electron chi connectivity index (χ2n) is 13.1. The number of ether oxygens (including phenoxy) is 1. The molecule has 1 atom stereocenters. The first-order valence-electron chi connectivity index (χ1n) is 16.9. The summed E-state index contributed by atoms with van der Waals surface area (Å²) in [5, 5.41) is 0. The Morgan fingerprint density at radius 1 is 1.06 bits per heavy atom. The highest BCUT2D eigenvalue weighted by Gasteiger charge is 2.42. The average molecular weight is 678 g/mol. The van der Waals surface area contributed by atoms with Crippen molar-refractivity contribution < 1.29 is 14.3 Å². The molecule has 256 valence electrons. The lowest BCUT2D eigenvalue weighted by molar-refractivity contribution is 0.0609. The van der Waals surface area contributed by atoms with E-state index >= 15 is 0 Å². The monoisotopic (exact) mass is 677 g/mol. The molecule has 0 radical (unpaired) electrons. The molecule has 3 aromatic carbocycles. The van der Waals surface area contributed by atoms with Crippen molar-refractivity contribution in [1.82, 2.24) is 4.90 Å². The molecule has 8 nitrogen and oxygen atoms in total. The van der Waals surface area contributed by atoms with Crippen LogP contribution in [0.25, 0.3) is 0 Å². The van der Waals surface area contributed by atoms with Crippen molar-refractivity contribution in [2.24, 2.45) is 21.0 Å². The van der Waals surface area contributed by atoms with Gasteiger partial charge in [0.25, 0.3) is 11.8 Å². The summed E-state index contributed by atoms with van der Waals surface area (Å²) in [6.45, 7) is 12.5. The van der Waals surface area contributed by atoms with E-state index in [4.69, 9.17) is 10.5 Å². The third-order valence-corrected chi connectivity index (χ3v) is 9.88. The predicted octanol–water partition coefficient (Wildman–Crippen LogP) is 7.63. The number of nitrogens with two attached hydrogens (primary N) is 1. The Morgan fingerprint density at radius 3 is 2.39 bits per heavy atom. The summed E-state index contributed by atoms with van der Waals surface area (Å²) in [5.74, 6) is 0.717. The SMILES string of the molecule is C=CC(CCC)N1C(=O)c2cccc(N3CC(COc4ccc(C(C)(C)c5ccc(CCC(/C=C\N=C\N)=N/SC)cc5)cc4)C3)c2C1=O. The summed E-state index contributed by atoms with van der Waals surface area (Å²) in [6.07, 6.45) is 11.8. The molecule has 1 saturated heterocycles. The average Bonchev–Trinajstić information content (AvgIpc) is 3.35. The quantitative estimate of drug-likeness (QED) is 0.0550. The number of rotatable bonds is 16. The second kappa shape index (κ2) is 16.2. The molecule has 5 rings (SSSR count). The first-order chi connectivity index (χ1) is 23.7. The van der Waals surface area contributed by atoms with Crippen LogP contribution in [0.2, 0.25) is 0 Å². The lowest BCUT2D eigenvalue weighted by Crippen LogP contribution is -2.50. The van der Waals surface area contributed by atoms with E-state index in [1.807, 2.05) is 43.5 Å². The van der Waals surface area contributed by atoms with Gasteiger partial charge in [0, 0.05) is 36.9 Å². The Labute approximate surface area is 295 Å². The number of carbonyl (C=O) groups excluding carboxylic acids is 2. The van der Waals surface area contributed by atoms with Crippen molar-refractivity contribution in [2.45, 2.75) is 57.9 Å². The van der Waals surface area contributed by atoms with Crippen molar-refractivity contribution in [3.05, 3.63) is 119 Å². The van der Waals surface area contributed by atoms with Crippen LogP contribution >= 0.6 is 11.9 Å². The highest BCUT2D eigenvalue weighted by atomic mass is 32.2. The topological polar surface area (TPSA) is 101 Å². The molecule has 0 aliphatic carbocycles. The molecule has 0 bridgehead atoms.